The molecule has 24 heavy (non-hydrogen) atoms. The van der Waals surface area contributed by atoms with Gasteiger partial charge in [0.1, 0.15) is 17.9 Å². The molecule has 0 atom stereocenters. The Bertz CT molecular complexity index is 861. The topological polar surface area (TPSA) is 90.3 Å². The summed E-state index contributed by atoms with van der Waals surface area (Å²) in [5, 5.41) is 17.3. The SMILES string of the molecule is CCOC(=N)c1occ(-c2ccc3c(c2)CCN3C(C)=O)c1C#N. The Hall–Kier alpha value is -3.07. The van der Waals surface area contributed by atoms with Crippen molar-refractivity contribution < 1.29 is 13.9 Å². The van der Waals surface area contributed by atoms with E-state index in [1.807, 2.05) is 18.2 Å². The zero-order chi connectivity index (χ0) is 17.3. The van der Waals surface area contributed by atoms with E-state index < -0.39 is 0 Å². The predicted molar refractivity (Wildman–Crippen MR) is 89.0 cm³/mol. The number of carbonyl (C=O) groups is 1. The van der Waals surface area contributed by atoms with E-state index in [0.717, 1.165) is 23.2 Å². The van der Waals surface area contributed by atoms with Crippen molar-refractivity contribution in [2.45, 2.75) is 20.3 Å². The summed E-state index contributed by atoms with van der Waals surface area (Å²) >= 11 is 0. The molecular formula is C18H17N3O3. The minimum Gasteiger partial charge on any atom is -0.476 e. The number of nitriles is 1. The van der Waals surface area contributed by atoms with Crippen LogP contribution in [0.25, 0.3) is 11.1 Å². The summed E-state index contributed by atoms with van der Waals surface area (Å²) < 4.78 is 10.5. The van der Waals surface area contributed by atoms with Crippen LogP contribution in [0.4, 0.5) is 5.69 Å². The van der Waals surface area contributed by atoms with Crippen LogP contribution in [0.1, 0.15) is 30.7 Å². The summed E-state index contributed by atoms with van der Waals surface area (Å²) in [6.45, 7) is 4.33. The molecule has 0 fully saturated rings. The highest BCUT2D eigenvalue weighted by Gasteiger charge is 2.24. The van der Waals surface area contributed by atoms with E-state index in [0.29, 0.717) is 18.7 Å². The van der Waals surface area contributed by atoms with Gasteiger partial charge in [-0.2, -0.15) is 5.26 Å². The van der Waals surface area contributed by atoms with Crippen LogP contribution in [-0.2, 0) is 16.0 Å². The largest absolute Gasteiger partial charge is 0.476 e. The first-order chi connectivity index (χ1) is 11.6. The fourth-order valence-electron chi connectivity index (χ4n) is 2.95. The molecule has 0 radical (unpaired) electrons. The maximum Gasteiger partial charge on any atom is 0.251 e. The van der Waals surface area contributed by atoms with Crippen LogP contribution in [0.2, 0.25) is 0 Å². The summed E-state index contributed by atoms with van der Waals surface area (Å²) in [7, 11) is 0. The fourth-order valence-corrected chi connectivity index (χ4v) is 2.95. The van der Waals surface area contributed by atoms with E-state index in [1.165, 1.54) is 6.26 Å². The number of hydrogen-bond acceptors (Lipinski definition) is 5. The molecule has 1 amide bonds. The highest BCUT2D eigenvalue weighted by atomic mass is 16.5. The second-order valence-corrected chi connectivity index (χ2v) is 5.49. The lowest BCUT2D eigenvalue weighted by atomic mass is 10.00. The van der Waals surface area contributed by atoms with Gasteiger partial charge in [-0.05, 0) is 36.6 Å². The molecule has 0 unspecified atom stereocenters. The molecule has 0 saturated carbocycles. The average molecular weight is 323 g/mol. The normalized spacial score (nSPS) is 12.6. The quantitative estimate of drug-likeness (QED) is 0.694. The maximum atomic E-state index is 11.6. The van der Waals surface area contributed by atoms with Crippen molar-refractivity contribution in [2.24, 2.45) is 0 Å². The van der Waals surface area contributed by atoms with Crippen molar-refractivity contribution in [2.75, 3.05) is 18.1 Å². The summed E-state index contributed by atoms with van der Waals surface area (Å²) in [4.78, 5) is 13.4. The number of hydrogen-bond donors (Lipinski definition) is 1. The summed E-state index contributed by atoms with van der Waals surface area (Å²) in [6.07, 6.45) is 2.25. The van der Waals surface area contributed by atoms with Crippen molar-refractivity contribution in [1.29, 1.82) is 10.7 Å². The molecule has 3 rings (SSSR count). The Morgan fingerprint density at radius 3 is 2.96 bits per heavy atom. The van der Waals surface area contributed by atoms with Gasteiger partial charge in [0.2, 0.25) is 11.7 Å². The van der Waals surface area contributed by atoms with Gasteiger partial charge in [-0.25, -0.2) is 0 Å². The van der Waals surface area contributed by atoms with Crippen LogP contribution in [0.5, 0.6) is 0 Å². The highest BCUT2D eigenvalue weighted by Crippen LogP contribution is 2.35. The second-order valence-electron chi connectivity index (χ2n) is 5.49. The van der Waals surface area contributed by atoms with Gasteiger partial charge >= 0.3 is 0 Å². The molecule has 6 heteroatoms. The lowest BCUT2D eigenvalue weighted by Crippen LogP contribution is -2.25. The number of ether oxygens (including phenoxy) is 1. The average Bonchev–Trinajstić information content (AvgIpc) is 3.18. The van der Waals surface area contributed by atoms with E-state index in [1.54, 1.807) is 18.7 Å². The molecule has 1 aliphatic heterocycles. The number of rotatable bonds is 3. The van der Waals surface area contributed by atoms with Crippen LogP contribution in [-0.4, -0.2) is 25.0 Å². The third-order valence-electron chi connectivity index (χ3n) is 4.06. The third-order valence-corrected chi connectivity index (χ3v) is 4.06. The number of amides is 1. The van der Waals surface area contributed by atoms with Crippen molar-refractivity contribution in [3.05, 3.63) is 41.3 Å². The van der Waals surface area contributed by atoms with E-state index >= 15 is 0 Å². The maximum absolute atomic E-state index is 11.6. The first kappa shape index (κ1) is 15.8. The monoisotopic (exact) mass is 323 g/mol. The van der Waals surface area contributed by atoms with Crippen molar-refractivity contribution in [3.8, 4) is 17.2 Å². The zero-order valence-corrected chi connectivity index (χ0v) is 13.5. The van der Waals surface area contributed by atoms with E-state index in [4.69, 9.17) is 14.6 Å². The van der Waals surface area contributed by atoms with Crippen LogP contribution in [0.15, 0.2) is 28.9 Å². The Balaban J connectivity index is 2.01. The van der Waals surface area contributed by atoms with E-state index in [9.17, 15) is 10.1 Å². The lowest BCUT2D eigenvalue weighted by Gasteiger charge is -2.14. The van der Waals surface area contributed by atoms with Gasteiger partial charge in [0.25, 0.3) is 5.90 Å². The zero-order valence-electron chi connectivity index (χ0n) is 13.5. The molecule has 0 bridgehead atoms. The van der Waals surface area contributed by atoms with Crippen molar-refractivity contribution in [1.82, 2.24) is 0 Å². The molecule has 2 heterocycles. The molecular weight excluding hydrogens is 306 g/mol. The number of nitrogens with one attached hydrogen (secondary N) is 1. The highest BCUT2D eigenvalue weighted by molar-refractivity contribution is 5.96. The van der Waals surface area contributed by atoms with Gasteiger partial charge in [-0.15, -0.1) is 0 Å². The van der Waals surface area contributed by atoms with Crippen LogP contribution in [0.3, 0.4) is 0 Å². The van der Waals surface area contributed by atoms with Gasteiger partial charge in [0.15, 0.2) is 0 Å². The fraction of sp³-hybridized carbons (Fsp3) is 0.278. The Kier molecular flexibility index (Phi) is 4.09. The molecule has 1 aliphatic rings. The van der Waals surface area contributed by atoms with Gasteiger partial charge in [0, 0.05) is 24.7 Å². The minimum absolute atomic E-state index is 0.0231. The summed E-state index contributed by atoms with van der Waals surface area (Å²) in [5.74, 6) is 0.0133. The van der Waals surface area contributed by atoms with Gasteiger partial charge < -0.3 is 14.1 Å². The molecule has 0 aliphatic carbocycles. The number of fused-ring (bicyclic) bond motifs is 1. The first-order valence-electron chi connectivity index (χ1n) is 7.71. The molecule has 1 N–H and O–H groups in total. The minimum atomic E-state index is -0.149. The Morgan fingerprint density at radius 1 is 1.50 bits per heavy atom. The molecule has 0 spiro atoms. The van der Waals surface area contributed by atoms with E-state index in [2.05, 4.69) is 6.07 Å². The smallest absolute Gasteiger partial charge is 0.251 e. The van der Waals surface area contributed by atoms with Gasteiger partial charge in [0.05, 0.1) is 6.61 Å². The number of nitrogens with zero attached hydrogens (tertiary/aromatic N) is 2. The Labute approximate surface area is 139 Å². The van der Waals surface area contributed by atoms with Crippen LogP contribution < -0.4 is 4.90 Å². The number of furan rings is 1. The van der Waals surface area contributed by atoms with Crippen molar-refractivity contribution >= 4 is 17.5 Å². The molecule has 122 valence electrons. The van der Waals surface area contributed by atoms with Crippen LogP contribution in [0, 0.1) is 16.7 Å². The summed E-state index contributed by atoms with van der Waals surface area (Å²) in [5.41, 5.74) is 3.72. The standard InChI is InChI=1S/C18H17N3O3/c1-3-23-18(20)17-14(9-19)15(10-24-17)12-4-5-16-13(8-12)6-7-21(16)11(2)22/h4-5,8,10,20H,3,6-7H2,1-2H3. The number of anilines is 1. The van der Waals surface area contributed by atoms with Gasteiger partial charge in [-0.1, -0.05) is 6.07 Å². The molecule has 0 saturated heterocycles. The lowest BCUT2D eigenvalue weighted by molar-refractivity contribution is -0.116. The van der Waals surface area contributed by atoms with Gasteiger partial charge in [-0.3, -0.25) is 10.2 Å². The van der Waals surface area contributed by atoms with Crippen molar-refractivity contribution in [3.63, 3.8) is 0 Å². The van der Waals surface area contributed by atoms with Crippen LogP contribution >= 0.6 is 0 Å². The summed E-state index contributed by atoms with van der Waals surface area (Å²) in [6, 6.07) is 7.82. The number of carbonyl (C=O) groups excluding carboxylic acids is 1. The molecule has 1 aromatic carbocycles. The molecule has 6 nitrogen and oxygen atoms in total. The number of benzene rings is 1. The molecule has 2 aromatic rings. The van der Waals surface area contributed by atoms with E-state index in [-0.39, 0.29) is 23.1 Å². The second kappa shape index (κ2) is 6.20. The molecule has 1 aromatic heterocycles. The Morgan fingerprint density at radius 2 is 2.29 bits per heavy atom. The first-order valence-corrected chi connectivity index (χ1v) is 7.71. The predicted octanol–water partition coefficient (Wildman–Crippen LogP) is 3.09. The third kappa shape index (κ3) is 2.54.